The molecule has 2 N–H and O–H groups in total. The molecule has 2 aromatic carbocycles. The topological polar surface area (TPSA) is 109 Å². The van der Waals surface area contributed by atoms with Gasteiger partial charge in [0.05, 0.1) is 21.2 Å². The van der Waals surface area contributed by atoms with Gasteiger partial charge in [0.25, 0.3) is 0 Å². The van der Waals surface area contributed by atoms with Crippen LogP contribution in [0.3, 0.4) is 0 Å². The minimum atomic E-state index is -5.11. The number of allylic oxidation sites excluding steroid dienone is 8. The van der Waals surface area contributed by atoms with Crippen molar-refractivity contribution in [3.8, 4) is 0 Å². The molecule has 6 nitrogen and oxygen atoms in total. The summed E-state index contributed by atoms with van der Waals surface area (Å²) in [5.74, 6) is -1.91. The second kappa shape index (κ2) is 14.3. The van der Waals surface area contributed by atoms with Crippen LogP contribution in [0.15, 0.2) is 77.3 Å². The minimum Gasteiger partial charge on any atom is -0.423 e. The lowest BCUT2D eigenvalue weighted by atomic mass is 9.76. The van der Waals surface area contributed by atoms with Crippen LogP contribution in [0.25, 0.3) is 5.57 Å². The average Bonchev–Trinajstić information content (AvgIpc) is 2.91. The standard InChI is InChI=1S/C14H6F6O2.C8H8BF3O2.C6H3BrO2/c15-13(16,17)7-1-3-9(11(5-7)14(18,19)20)10-6-8(21)2-4-12(10)22;1-5-2-3-7(9(13)14)6(4-5)8(10,11)12;7-5-3-4(8)1-2-6(5)9/h1-6H;2-4,13-14H,1H3;1-3H. The molecule has 0 saturated carbocycles. The third-order valence-corrected chi connectivity index (χ3v) is 6.21. The Labute approximate surface area is 256 Å². The SMILES string of the molecule is Cc1ccc(B(O)O)c(C(F)(F)F)c1.O=C1C=CC(=O)C(Br)=C1.O=C1C=CC(=O)C(c2ccc(C(F)(F)F)cc2C(F)(F)F)=C1. The number of halogens is 10. The molecule has 238 valence electrons. The van der Waals surface area contributed by atoms with E-state index in [4.69, 9.17) is 10.0 Å². The van der Waals surface area contributed by atoms with Crippen molar-refractivity contribution in [3.63, 3.8) is 0 Å². The number of carbonyl (C=O) groups excluding carboxylic acids is 4. The number of ketones is 4. The Bertz CT molecular complexity index is 1630. The van der Waals surface area contributed by atoms with Crippen molar-refractivity contribution in [3.05, 3.63) is 105 Å². The highest BCUT2D eigenvalue weighted by molar-refractivity contribution is 9.12. The highest BCUT2D eigenvalue weighted by atomic mass is 79.9. The Kier molecular flexibility index (Phi) is 11.8. The maximum atomic E-state index is 13.0. The molecule has 0 aliphatic heterocycles. The molecule has 0 saturated heterocycles. The molecule has 0 spiro atoms. The highest BCUT2D eigenvalue weighted by Crippen LogP contribution is 2.40. The minimum absolute atomic E-state index is 0.0771. The van der Waals surface area contributed by atoms with E-state index in [9.17, 15) is 58.7 Å². The molecule has 0 amide bonds. The van der Waals surface area contributed by atoms with E-state index in [1.165, 1.54) is 31.2 Å². The van der Waals surface area contributed by atoms with Gasteiger partial charge in [0.15, 0.2) is 23.1 Å². The van der Waals surface area contributed by atoms with E-state index >= 15 is 0 Å². The normalized spacial score (nSPS) is 15.0. The van der Waals surface area contributed by atoms with Gasteiger partial charge in [0.2, 0.25) is 0 Å². The van der Waals surface area contributed by atoms with Gasteiger partial charge in [-0.05, 0) is 82.5 Å². The Balaban J connectivity index is 0.000000261. The second-order valence-electron chi connectivity index (χ2n) is 8.97. The first-order valence-corrected chi connectivity index (χ1v) is 12.8. The van der Waals surface area contributed by atoms with Gasteiger partial charge in [-0.2, -0.15) is 39.5 Å². The van der Waals surface area contributed by atoms with Gasteiger partial charge in [-0.25, -0.2) is 0 Å². The van der Waals surface area contributed by atoms with E-state index in [1.54, 1.807) is 0 Å². The van der Waals surface area contributed by atoms with Crippen LogP contribution < -0.4 is 5.46 Å². The number of aryl methyl sites for hydroxylation is 1. The molecule has 2 aromatic rings. The first-order valence-electron chi connectivity index (χ1n) is 12.0. The number of carbonyl (C=O) groups is 4. The van der Waals surface area contributed by atoms with Crippen molar-refractivity contribution in [1.82, 2.24) is 0 Å². The summed E-state index contributed by atoms with van der Waals surface area (Å²) in [4.78, 5) is 43.9. The van der Waals surface area contributed by atoms with Crippen molar-refractivity contribution >= 4 is 57.2 Å². The molecule has 0 unspecified atom stereocenters. The van der Waals surface area contributed by atoms with Crippen LogP contribution in [-0.4, -0.2) is 40.3 Å². The molecule has 0 fully saturated rings. The molecule has 2 aliphatic rings. The molecule has 45 heavy (non-hydrogen) atoms. The molecular formula is C28H17BBrF9O6. The van der Waals surface area contributed by atoms with E-state index < -0.39 is 70.5 Å². The summed E-state index contributed by atoms with van der Waals surface area (Å²) in [7, 11) is -2.10. The Morgan fingerprint density at radius 3 is 1.64 bits per heavy atom. The van der Waals surface area contributed by atoms with Crippen molar-refractivity contribution in [2.45, 2.75) is 25.5 Å². The van der Waals surface area contributed by atoms with Gasteiger partial charge in [0.1, 0.15) is 0 Å². The third-order valence-electron chi connectivity index (χ3n) is 5.59. The number of benzene rings is 2. The Hall–Kier alpha value is -4.09. The van der Waals surface area contributed by atoms with Gasteiger partial charge in [-0.3, -0.25) is 19.2 Å². The van der Waals surface area contributed by atoms with Crippen molar-refractivity contribution in [1.29, 1.82) is 0 Å². The lowest BCUT2D eigenvalue weighted by Gasteiger charge is -2.17. The van der Waals surface area contributed by atoms with Gasteiger partial charge in [-0.1, -0.05) is 23.8 Å². The Morgan fingerprint density at radius 1 is 0.644 bits per heavy atom. The fourth-order valence-corrected chi connectivity index (χ4v) is 3.89. The maximum absolute atomic E-state index is 13.0. The van der Waals surface area contributed by atoms with Crippen molar-refractivity contribution in [2.75, 3.05) is 0 Å². The molecule has 17 heteroatoms. The zero-order valence-corrected chi connectivity index (χ0v) is 23.9. The fourth-order valence-electron chi connectivity index (χ4n) is 3.53. The Morgan fingerprint density at radius 2 is 1.18 bits per heavy atom. The number of hydrogen-bond acceptors (Lipinski definition) is 6. The van der Waals surface area contributed by atoms with Crippen LogP contribution in [0.5, 0.6) is 0 Å². The lowest BCUT2D eigenvalue weighted by molar-refractivity contribution is -0.143. The van der Waals surface area contributed by atoms with Crippen LogP contribution in [0.4, 0.5) is 39.5 Å². The van der Waals surface area contributed by atoms with E-state index in [-0.39, 0.29) is 17.6 Å². The van der Waals surface area contributed by atoms with Gasteiger partial charge < -0.3 is 10.0 Å². The molecule has 0 atom stereocenters. The van der Waals surface area contributed by atoms with Crippen LogP contribution in [-0.2, 0) is 37.7 Å². The average molecular weight is 711 g/mol. The second-order valence-corrected chi connectivity index (χ2v) is 9.82. The summed E-state index contributed by atoms with van der Waals surface area (Å²) < 4.78 is 114. The fraction of sp³-hybridized carbons (Fsp3) is 0.143. The van der Waals surface area contributed by atoms with Crippen LogP contribution in [0.1, 0.15) is 27.8 Å². The summed E-state index contributed by atoms with van der Waals surface area (Å²) in [6.07, 6.45) is -8.59. The molecule has 0 aromatic heterocycles. The molecular weight excluding hydrogens is 694 g/mol. The van der Waals surface area contributed by atoms with Gasteiger partial charge >= 0.3 is 25.6 Å². The zero-order chi connectivity index (χ0) is 34.5. The van der Waals surface area contributed by atoms with Crippen LogP contribution >= 0.6 is 15.9 Å². The molecule has 0 bridgehead atoms. The maximum Gasteiger partial charge on any atom is 0.489 e. The van der Waals surface area contributed by atoms with Gasteiger partial charge in [0, 0.05) is 11.6 Å². The highest BCUT2D eigenvalue weighted by Gasteiger charge is 2.39. The van der Waals surface area contributed by atoms with E-state index in [0.29, 0.717) is 28.3 Å². The summed E-state index contributed by atoms with van der Waals surface area (Å²) in [6, 6.07) is 4.23. The van der Waals surface area contributed by atoms with Crippen molar-refractivity contribution in [2.24, 2.45) is 0 Å². The molecule has 0 heterocycles. The third kappa shape index (κ3) is 10.5. The zero-order valence-electron chi connectivity index (χ0n) is 22.3. The first kappa shape index (κ1) is 37.1. The summed E-state index contributed by atoms with van der Waals surface area (Å²) in [5.41, 5.74) is -5.58. The lowest BCUT2D eigenvalue weighted by Crippen LogP contribution is -2.36. The predicted octanol–water partition coefficient (Wildman–Crippen LogP) is 5.48. The van der Waals surface area contributed by atoms with Crippen LogP contribution in [0, 0.1) is 6.92 Å². The quantitative estimate of drug-likeness (QED) is 0.243. The summed E-state index contributed by atoms with van der Waals surface area (Å²) in [5, 5.41) is 17.4. The van der Waals surface area contributed by atoms with Crippen molar-refractivity contribution < 1.29 is 68.7 Å². The number of alkyl halides is 9. The van der Waals surface area contributed by atoms with Gasteiger partial charge in [-0.15, -0.1) is 0 Å². The number of hydrogen-bond donors (Lipinski definition) is 2. The van der Waals surface area contributed by atoms with E-state index in [2.05, 4.69) is 15.9 Å². The summed E-state index contributed by atoms with van der Waals surface area (Å²) >= 11 is 2.93. The largest absolute Gasteiger partial charge is 0.489 e. The monoisotopic (exact) mass is 710 g/mol. The first-order chi connectivity index (χ1) is 20.5. The smallest absolute Gasteiger partial charge is 0.423 e. The number of rotatable bonds is 2. The van der Waals surface area contributed by atoms with E-state index in [1.807, 2.05) is 0 Å². The predicted molar refractivity (Wildman–Crippen MR) is 146 cm³/mol. The molecule has 2 aliphatic carbocycles. The van der Waals surface area contributed by atoms with Crippen LogP contribution in [0.2, 0.25) is 0 Å². The molecule has 0 radical (unpaired) electrons. The van der Waals surface area contributed by atoms with E-state index in [0.717, 1.165) is 24.3 Å². The summed E-state index contributed by atoms with van der Waals surface area (Å²) in [6.45, 7) is 1.50. The molecule has 4 rings (SSSR count).